The number of carbonyl (C=O) groups excluding carboxylic acids is 1. The van der Waals surface area contributed by atoms with Crippen LogP contribution in [-0.2, 0) is 6.42 Å². The van der Waals surface area contributed by atoms with E-state index in [-0.39, 0.29) is 5.91 Å². The fourth-order valence-electron chi connectivity index (χ4n) is 2.83. The van der Waals surface area contributed by atoms with Crippen LogP contribution in [0.4, 0.5) is 5.69 Å². The zero-order valence-corrected chi connectivity index (χ0v) is 14.5. The number of pyridine rings is 1. The number of nitrogens with one attached hydrogen (secondary N) is 2. The number of anilines is 1. The molecule has 0 saturated heterocycles. The van der Waals surface area contributed by atoms with Crippen molar-refractivity contribution in [2.24, 2.45) is 0 Å². The number of aromatic amines is 1. The zero-order valence-electron chi connectivity index (χ0n) is 13.8. The lowest BCUT2D eigenvalue weighted by Crippen LogP contribution is -2.14. The van der Waals surface area contributed by atoms with Gasteiger partial charge in [0.1, 0.15) is 10.8 Å². The van der Waals surface area contributed by atoms with E-state index < -0.39 is 0 Å². The molecule has 7 nitrogen and oxygen atoms in total. The van der Waals surface area contributed by atoms with Gasteiger partial charge in [-0.2, -0.15) is 5.10 Å². The Morgan fingerprint density at radius 3 is 3.00 bits per heavy atom. The highest BCUT2D eigenvalue weighted by atomic mass is 35.5. The number of benzene rings is 1. The summed E-state index contributed by atoms with van der Waals surface area (Å²) >= 11 is 6.10. The van der Waals surface area contributed by atoms with Crippen molar-refractivity contribution in [1.82, 2.24) is 20.2 Å². The maximum atomic E-state index is 12.7. The van der Waals surface area contributed by atoms with Crippen LogP contribution in [0.25, 0.3) is 22.4 Å². The average molecular weight is 368 g/mol. The number of nitrogens with zero attached hydrogens (tertiary/aromatic N) is 3. The van der Waals surface area contributed by atoms with E-state index in [9.17, 15) is 4.79 Å². The molecule has 130 valence electrons. The van der Waals surface area contributed by atoms with E-state index >= 15 is 0 Å². The maximum Gasteiger partial charge on any atom is 0.256 e. The van der Waals surface area contributed by atoms with Gasteiger partial charge in [-0.25, -0.2) is 9.97 Å². The van der Waals surface area contributed by atoms with E-state index in [4.69, 9.17) is 16.0 Å². The summed E-state index contributed by atoms with van der Waals surface area (Å²) in [5.74, 6) is 0.309. The molecule has 8 heteroatoms. The Morgan fingerprint density at radius 2 is 2.23 bits per heavy atom. The topological polar surface area (TPSA) is 96.7 Å². The minimum atomic E-state index is -0.241. The molecule has 1 aromatic carbocycles. The Kier molecular flexibility index (Phi) is 4.14. The number of aromatic nitrogens is 4. The predicted molar refractivity (Wildman–Crippen MR) is 98.2 cm³/mol. The molecule has 0 bridgehead atoms. The summed E-state index contributed by atoms with van der Waals surface area (Å²) in [4.78, 5) is 20.6. The lowest BCUT2D eigenvalue weighted by Gasteiger charge is -2.10. The second-order valence-electron chi connectivity index (χ2n) is 5.63. The average Bonchev–Trinajstić information content (AvgIpc) is 3.30. The predicted octanol–water partition coefficient (Wildman–Crippen LogP) is 4.08. The molecule has 0 radical (unpaired) electrons. The second-order valence-corrected chi connectivity index (χ2v) is 5.99. The summed E-state index contributed by atoms with van der Waals surface area (Å²) in [5, 5.41) is 11.3. The highest BCUT2D eigenvalue weighted by Crippen LogP contribution is 2.28. The van der Waals surface area contributed by atoms with Crippen molar-refractivity contribution in [3.63, 3.8) is 0 Å². The molecule has 0 spiro atoms. The normalized spacial score (nSPS) is 11.0. The van der Waals surface area contributed by atoms with Crippen molar-refractivity contribution < 1.29 is 9.21 Å². The van der Waals surface area contributed by atoms with Crippen LogP contribution < -0.4 is 5.32 Å². The van der Waals surface area contributed by atoms with E-state index in [2.05, 4.69) is 25.5 Å². The molecule has 0 aliphatic carbocycles. The van der Waals surface area contributed by atoms with Crippen molar-refractivity contribution in [1.29, 1.82) is 0 Å². The largest absolute Gasteiger partial charge is 0.442 e. The number of hydrogen-bond acceptors (Lipinski definition) is 5. The Bertz CT molecular complexity index is 1090. The van der Waals surface area contributed by atoms with Gasteiger partial charge >= 0.3 is 0 Å². The summed E-state index contributed by atoms with van der Waals surface area (Å²) in [7, 11) is 0. The third-order valence-corrected chi connectivity index (χ3v) is 4.41. The molecule has 4 rings (SSSR count). The van der Waals surface area contributed by atoms with E-state index in [1.807, 2.05) is 19.1 Å². The molecule has 26 heavy (non-hydrogen) atoms. The number of hydrogen-bond donors (Lipinski definition) is 2. The number of halogens is 1. The summed E-state index contributed by atoms with van der Waals surface area (Å²) in [5.41, 5.74) is 3.33. The van der Waals surface area contributed by atoms with Crippen LogP contribution in [0.15, 0.2) is 47.5 Å². The van der Waals surface area contributed by atoms with Gasteiger partial charge in [-0.05, 0) is 30.7 Å². The number of amides is 1. The molecule has 0 unspecified atom stereocenters. The molecule has 0 saturated carbocycles. The molecule has 0 aliphatic rings. The van der Waals surface area contributed by atoms with E-state index in [1.165, 1.54) is 12.6 Å². The minimum Gasteiger partial charge on any atom is -0.442 e. The van der Waals surface area contributed by atoms with Crippen LogP contribution in [0.2, 0.25) is 5.15 Å². The van der Waals surface area contributed by atoms with Gasteiger partial charge in [-0.15, -0.1) is 0 Å². The van der Waals surface area contributed by atoms with Crippen LogP contribution in [0.1, 0.15) is 22.8 Å². The van der Waals surface area contributed by atoms with Crippen molar-refractivity contribution in [3.8, 4) is 11.5 Å². The third kappa shape index (κ3) is 2.82. The Morgan fingerprint density at radius 1 is 1.35 bits per heavy atom. The third-order valence-electron chi connectivity index (χ3n) is 4.09. The summed E-state index contributed by atoms with van der Waals surface area (Å²) in [6.45, 7) is 1.93. The zero-order chi connectivity index (χ0) is 18.1. The lowest BCUT2D eigenvalue weighted by atomic mass is 10.1. The van der Waals surface area contributed by atoms with E-state index in [1.54, 1.807) is 18.3 Å². The molecular formula is C18H14ClN5O2. The number of carbonyl (C=O) groups is 1. The van der Waals surface area contributed by atoms with Crippen LogP contribution in [0.3, 0.4) is 0 Å². The summed E-state index contributed by atoms with van der Waals surface area (Å²) in [6, 6.07) is 7.15. The van der Waals surface area contributed by atoms with E-state index in [0.29, 0.717) is 34.3 Å². The fourth-order valence-corrected chi connectivity index (χ4v) is 3.12. The fraction of sp³-hybridized carbons (Fsp3) is 0.111. The molecule has 2 N–H and O–H groups in total. The van der Waals surface area contributed by atoms with Crippen LogP contribution in [0, 0.1) is 0 Å². The number of fused-ring (bicyclic) bond motifs is 1. The number of oxazole rings is 1. The van der Waals surface area contributed by atoms with Crippen molar-refractivity contribution >= 4 is 34.1 Å². The number of H-pyrrole nitrogens is 1. The highest BCUT2D eigenvalue weighted by molar-refractivity contribution is 6.30. The molecular weight excluding hydrogens is 354 g/mol. The molecule has 0 atom stereocenters. The van der Waals surface area contributed by atoms with Gasteiger partial charge in [0.15, 0.2) is 12.2 Å². The van der Waals surface area contributed by atoms with Crippen LogP contribution in [-0.4, -0.2) is 26.1 Å². The van der Waals surface area contributed by atoms with Gasteiger partial charge in [0.25, 0.3) is 5.91 Å². The summed E-state index contributed by atoms with van der Waals surface area (Å²) < 4.78 is 5.32. The Balaban J connectivity index is 1.69. The molecule has 0 aliphatic heterocycles. The van der Waals surface area contributed by atoms with Gasteiger partial charge in [0.2, 0.25) is 0 Å². The minimum absolute atomic E-state index is 0.241. The summed E-state index contributed by atoms with van der Waals surface area (Å²) in [6.07, 6.45) is 5.08. The Hall–Kier alpha value is -3.19. The first-order valence-corrected chi connectivity index (χ1v) is 8.37. The molecule has 1 amide bonds. The van der Waals surface area contributed by atoms with Gasteiger partial charge < -0.3 is 9.73 Å². The Labute approximate surface area is 153 Å². The van der Waals surface area contributed by atoms with Gasteiger partial charge in [-0.3, -0.25) is 9.89 Å². The first-order valence-electron chi connectivity index (χ1n) is 7.99. The quantitative estimate of drug-likeness (QED) is 0.530. The first-order chi connectivity index (χ1) is 12.7. The molecule has 3 heterocycles. The van der Waals surface area contributed by atoms with Gasteiger partial charge in [0, 0.05) is 28.4 Å². The van der Waals surface area contributed by atoms with Crippen molar-refractivity contribution in [2.75, 3.05) is 5.32 Å². The molecule has 3 aromatic heterocycles. The SMILES string of the molecule is CCc1c(C(=O)Nc2ccc3[nH]nc(-c4cnco4)c3c2)ccnc1Cl. The molecule has 0 fully saturated rings. The van der Waals surface area contributed by atoms with Crippen molar-refractivity contribution in [2.45, 2.75) is 13.3 Å². The maximum absolute atomic E-state index is 12.7. The number of rotatable bonds is 4. The van der Waals surface area contributed by atoms with Crippen LogP contribution in [0.5, 0.6) is 0 Å². The smallest absolute Gasteiger partial charge is 0.256 e. The molecule has 4 aromatic rings. The highest BCUT2D eigenvalue weighted by Gasteiger charge is 2.16. The second kappa shape index (κ2) is 6.61. The van der Waals surface area contributed by atoms with Gasteiger partial charge in [0.05, 0.1) is 11.7 Å². The van der Waals surface area contributed by atoms with Gasteiger partial charge in [-0.1, -0.05) is 18.5 Å². The van der Waals surface area contributed by atoms with Crippen LogP contribution >= 0.6 is 11.6 Å². The first kappa shape index (κ1) is 16.3. The monoisotopic (exact) mass is 367 g/mol. The van der Waals surface area contributed by atoms with Crippen molar-refractivity contribution in [3.05, 3.63) is 59.3 Å². The van der Waals surface area contributed by atoms with E-state index in [0.717, 1.165) is 16.5 Å². The standard InChI is InChI=1S/C18H14ClN5O2/c1-2-11-12(5-6-21-17(11)19)18(25)22-10-3-4-14-13(7-10)16(24-23-14)15-8-20-9-26-15/h3-9H,2H2,1H3,(H,22,25)(H,23,24). The lowest BCUT2D eigenvalue weighted by molar-refractivity contribution is 0.102.